The van der Waals surface area contributed by atoms with Gasteiger partial charge in [-0.1, -0.05) is 12.1 Å². The third-order valence-corrected chi connectivity index (χ3v) is 5.94. The van der Waals surface area contributed by atoms with E-state index >= 15 is 0 Å². The lowest BCUT2D eigenvalue weighted by molar-refractivity contribution is -0.140. The average molecular weight is 478 g/mol. The molecule has 1 aromatic heterocycles. The zero-order valence-corrected chi connectivity index (χ0v) is 20.2. The molecule has 35 heavy (non-hydrogen) atoms. The predicted molar refractivity (Wildman–Crippen MR) is 130 cm³/mol. The lowest BCUT2D eigenvalue weighted by atomic mass is 9.98. The second-order valence-electron chi connectivity index (χ2n) is 8.96. The summed E-state index contributed by atoms with van der Waals surface area (Å²) in [6, 6.07) is 13.7. The van der Waals surface area contributed by atoms with Crippen LogP contribution in [0.3, 0.4) is 0 Å². The van der Waals surface area contributed by atoms with E-state index in [0.717, 1.165) is 11.1 Å². The quantitative estimate of drug-likeness (QED) is 0.277. The molecule has 2 heterocycles. The van der Waals surface area contributed by atoms with Crippen molar-refractivity contribution in [2.75, 3.05) is 6.54 Å². The van der Waals surface area contributed by atoms with E-state index in [9.17, 15) is 19.1 Å². The van der Waals surface area contributed by atoms with Crippen LogP contribution < -0.4 is 4.74 Å². The first-order valence-electron chi connectivity index (χ1n) is 11.5. The number of likely N-dealkylation sites (tertiary alicyclic amines) is 1. The number of carbonyl (C=O) groups is 2. The summed E-state index contributed by atoms with van der Waals surface area (Å²) in [6.45, 7) is 7.66. The van der Waals surface area contributed by atoms with Crippen molar-refractivity contribution >= 4 is 17.4 Å². The van der Waals surface area contributed by atoms with Gasteiger partial charge in [0.25, 0.3) is 11.7 Å². The van der Waals surface area contributed by atoms with E-state index in [-0.39, 0.29) is 29.8 Å². The van der Waals surface area contributed by atoms with E-state index in [1.54, 1.807) is 49.4 Å². The molecule has 182 valence electrons. The molecule has 0 saturated carbocycles. The maximum Gasteiger partial charge on any atom is 0.295 e. The lowest BCUT2D eigenvalue weighted by Crippen LogP contribution is -2.31. The number of aliphatic hydroxyl groups excluding tert-OH is 1. The first-order valence-corrected chi connectivity index (χ1v) is 11.5. The highest BCUT2D eigenvalue weighted by molar-refractivity contribution is 6.46. The Morgan fingerprint density at radius 1 is 1.09 bits per heavy atom. The molecule has 4 rings (SSSR count). The summed E-state index contributed by atoms with van der Waals surface area (Å²) < 4.78 is 24.9. The number of aryl methyl sites for hydroxylation is 2. The number of halogens is 1. The third-order valence-electron chi connectivity index (χ3n) is 5.94. The number of rotatable bonds is 7. The maximum atomic E-state index is 13.3. The van der Waals surface area contributed by atoms with Crippen LogP contribution in [0.25, 0.3) is 5.76 Å². The number of ketones is 1. The van der Waals surface area contributed by atoms with Gasteiger partial charge in [-0.25, -0.2) is 4.39 Å². The molecule has 1 saturated heterocycles. The molecular formula is C28H28FNO5. The van der Waals surface area contributed by atoms with E-state index < -0.39 is 17.7 Å². The van der Waals surface area contributed by atoms with Crippen molar-refractivity contribution in [2.45, 2.75) is 46.3 Å². The molecule has 1 atom stereocenters. The van der Waals surface area contributed by atoms with E-state index in [2.05, 4.69) is 0 Å². The molecule has 0 radical (unpaired) electrons. The van der Waals surface area contributed by atoms with Crippen molar-refractivity contribution in [1.29, 1.82) is 0 Å². The molecule has 1 amide bonds. The fourth-order valence-electron chi connectivity index (χ4n) is 4.25. The van der Waals surface area contributed by atoms with Gasteiger partial charge in [0, 0.05) is 12.1 Å². The zero-order chi connectivity index (χ0) is 25.3. The minimum Gasteiger partial charge on any atom is -0.507 e. The van der Waals surface area contributed by atoms with Crippen molar-refractivity contribution < 1.29 is 28.2 Å². The van der Waals surface area contributed by atoms with Gasteiger partial charge < -0.3 is 19.2 Å². The summed E-state index contributed by atoms with van der Waals surface area (Å²) in [5.41, 5.74) is 1.99. The number of ether oxygens (including phenoxy) is 1. The minimum absolute atomic E-state index is 0.0122. The normalized spacial score (nSPS) is 17.4. The molecule has 6 nitrogen and oxygen atoms in total. The molecule has 3 aromatic rings. The van der Waals surface area contributed by atoms with E-state index in [4.69, 9.17) is 9.15 Å². The van der Waals surface area contributed by atoms with Gasteiger partial charge in [0.05, 0.1) is 11.7 Å². The Hall–Kier alpha value is -3.87. The molecular weight excluding hydrogens is 449 g/mol. The Morgan fingerprint density at radius 2 is 1.80 bits per heavy atom. The van der Waals surface area contributed by atoms with Crippen molar-refractivity contribution in [2.24, 2.45) is 0 Å². The highest BCUT2D eigenvalue weighted by Gasteiger charge is 2.47. The largest absolute Gasteiger partial charge is 0.507 e. The van der Waals surface area contributed by atoms with Crippen molar-refractivity contribution in [1.82, 2.24) is 4.90 Å². The lowest BCUT2D eigenvalue weighted by Gasteiger charge is -2.23. The number of amides is 1. The Morgan fingerprint density at radius 3 is 2.40 bits per heavy atom. The van der Waals surface area contributed by atoms with Crippen LogP contribution in [0.15, 0.2) is 64.6 Å². The summed E-state index contributed by atoms with van der Waals surface area (Å²) in [7, 11) is 0. The van der Waals surface area contributed by atoms with Crippen LogP contribution in [-0.2, 0) is 16.0 Å². The molecule has 0 bridgehead atoms. The number of Topliss-reactive ketones (excluding diaryl/α,β-unsaturated/α-hetero) is 1. The maximum absolute atomic E-state index is 13.3. The molecule has 1 fully saturated rings. The van der Waals surface area contributed by atoms with Crippen LogP contribution in [-0.4, -0.2) is 34.3 Å². The summed E-state index contributed by atoms with van der Waals surface area (Å²) in [5.74, 6) is -0.431. The Balaban J connectivity index is 1.73. The van der Waals surface area contributed by atoms with Gasteiger partial charge in [-0.3, -0.25) is 9.59 Å². The molecule has 0 aliphatic carbocycles. The Kier molecular flexibility index (Phi) is 6.78. The average Bonchev–Trinajstić information content (AvgIpc) is 3.35. The second-order valence-corrected chi connectivity index (χ2v) is 8.96. The predicted octanol–water partition coefficient (Wildman–Crippen LogP) is 5.49. The van der Waals surface area contributed by atoms with Crippen LogP contribution in [0.2, 0.25) is 0 Å². The smallest absolute Gasteiger partial charge is 0.295 e. The van der Waals surface area contributed by atoms with Gasteiger partial charge in [0.1, 0.15) is 34.9 Å². The number of aliphatic hydroxyl groups is 1. The fourth-order valence-corrected chi connectivity index (χ4v) is 4.25. The molecule has 1 aliphatic heterocycles. The van der Waals surface area contributed by atoms with Gasteiger partial charge >= 0.3 is 0 Å². The molecule has 1 N–H and O–H groups in total. The molecule has 0 spiro atoms. The number of hydrogen-bond acceptors (Lipinski definition) is 5. The zero-order valence-electron chi connectivity index (χ0n) is 20.2. The van der Waals surface area contributed by atoms with Gasteiger partial charge in [0.2, 0.25) is 0 Å². The Labute approximate surface area is 203 Å². The van der Waals surface area contributed by atoms with Crippen molar-refractivity contribution in [3.05, 3.63) is 94.2 Å². The van der Waals surface area contributed by atoms with Crippen molar-refractivity contribution in [3.8, 4) is 5.75 Å². The second kappa shape index (κ2) is 9.78. The number of carbonyl (C=O) groups excluding carboxylic acids is 2. The SMILES string of the molecule is Cc1ccc(C2/C(=C(/O)c3ccc(OC(C)C)c(C)c3)C(=O)C(=O)N2CCc2ccc(F)cc2)o1. The van der Waals surface area contributed by atoms with Gasteiger partial charge in [-0.05, 0) is 87.7 Å². The first kappa shape index (κ1) is 24.3. The summed E-state index contributed by atoms with van der Waals surface area (Å²) in [6.07, 6.45) is 0.394. The first-order chi connectivity index (χ1) is 16.7. The number of furan rings is 1. The summed E-state index contributed by atoms with van der Waals surface area (Å²) in [4.78, 5) is 27.6. The van der Waals surface area contributed by atoms with Crippen LogP contribution in [0.4, 0.5) is 4.39 Å². The number of nitrogens with zero attached hydrogens (tertiary/aromatic N) is 1. The van der Waals surface area contributed by atoms with Crippen LogP contribution in [0, 0.1) is 19.7 Å². The molecule has 1 unspecified atom stereocenters. The molecule has 7 heteroatoms. The van der Waals surface area contributed by atoms with E-state index in [1.807, 2.05) is 20.8 Å². The standard InChI is InChI=1S/C28H28FNO5/c1-16(2)34-22-12-8-20(15-17(22)3)26(31)24-25(23-11-5-18(4)35-23)30(28(33)27(24)32)14-13-19-6-9-21(29)10-7-19/h5-12,15-16,25,31H,13-14H2,1-4H3/b26-24-. The Bertz CT molecular complexity index is 1290. The van der Waals surface area contributed by atoms with Crippen LogP contribution >= 0.6 is 0 Å². The highest BCUT2D eigenvalue weighted by atomic mass is 19.1. The van der Waals surface area contributed by atoms with Gasteiger partial charge in [-0.2, -0.15) is 0 Å². The highest BCUT2D eigenvalue weighted by Crippen LogP contribution is 2.40. The number of benzene rings is 2. The van der Waals surface area contributed by atoms with E-state index in [0.29, 0.717) is 29.3 Å². The third kappa shape index (κ3) is 4.99. The topological polar surface area (TPSA) is 80.0 Å². The van der Waals surface area contributed by atoms with Crippen molar-refractivity contribution in [3.63, 3.8) is 0 Å². The van der Waals surface area contributed by atoms with Gasteiger partial charge in [-0.15, -0.1) is 0 Å². The van der Waals surface area contributed by atoms with Crippen LogP contribution in [0.1, 0.15) is 48.1 Å². The molecule has 1 aliphatic rings. The van der Waals surface area contributed by atoms with Gasteiger partial charge in [0.15, 0.2) is 0 Å². The number of hydrogen-bond donors (Lipinski definition) is 1. The summed E-state index contributed by atoms with van der Waals surface area (Å²) >= 11 is 0. The minimum atomic E-state index is -0.879. The molecule has 2 aromatic carbocycles. The fraction of sp³-hybridized carbons (Fsp3) is 0.286. The monoisotopic (exact) mass is 477 g/mol. The van der Waals surface area contributed by atoms with Crippen LogP contribution in [0.5, 0.6) is 5.75 Å². The van der Waals surface area contributed by atoms with E-state index in [1.165, 1.54) is 17.0 Å². The summed E-state index contributed by atoms with van der Waals surface area (Å²) in [5, 5.41) is 11.2.